The Morgan fingerprint density at radius 1 is 1.07 bits per heavy atom. The van der Waals surface area contributed by atoms with Crippen molar-refractivity contribution in [2.75, 3.05) is 26.5 Å². The fourth-order valence-corrected chi connectivity index (χ4v) is 4.19. The van der Waals surface area contributed by atoms with Gasteiger partial charge in [0.05, 0.1) is 19.2 Å². The van der Waals surface area contributed by atoms with Crippen molar-refractivity contribution >= 4 is 34.6 Å². The highest BCUT2D eigenvalue weighted by atomic mass is 16.5. The quantitative estimate of drug-likeness (QED) is 0.216. The molecule has 0 saturated heterocycles. The SMILES string of the molecule is COC(=O)N[C@@H](CC/C=C/C(=O)N(C)C)C(=O)Nc1cccn(Cc2nc3c(OCc4ccccc4)cccc3[nH]2)c1=O. The summed E-state index contributed by atoms with van der Waals surface area (Å²) in [6.07, 6.45) is 4.30. The lowest BCUT2D eigenvalue weighted by Gasteiger charge is -2.17. The molecule has 0 spiro atoms. The fraction of sp³-hybridized carbons (Fsp3) is 0.258. The molecule has 43 heavy (non-hydrogen) atoms. The van der Waals surface area contributed by atoms with Crippen molar-refractivity contribution in [3.05, 3.63) is 101 Å². The number of imidazole rings is 1. The molecule has 0 bridgehead atoms. The molecule has 3 N–H and O–H groups in total. The first-order valence-electron chi connectivity index (χ1n) is 13.6. The van der Waals surface area contributed by atoms with Crippen molar-refractivity contribution in [2.45, 2.75) is 32.0 Å². The van der Waals surface area contributed by atoms with Crippen LogP contribution in [0.5, 0.6) is 5.75 Å². The smallest absolute Gasteiger partial charge is 0.407 e. The van der Waals surface area contributed by atoms with Crippen LogP contribution in [0, 0.1) is 0 Å². The molecule has 12 heteroatoms. The second kappa shape index (κ2) is 14.5. The largest absolute Gasteiger partial charge is 0.487 e. The van der Waals surface area contributed by atoms with E-state index in [1.807, 2.05) is 48.5 Å². The molecule has 2 aromatic carbocycles. The van der Waals surface area contributed by atoms with Crippen molar-refractivity contribution in [1.82, 2.24) is 24.8 Å². The number of anilines is 1. The van der Waals surface area contributed by atoms with Crippen molar-refractivity contribution in [3.8, 4) is 5.75 Å². The summed E-state index contributed by atoms with van der Waals surface area (Å²) in [6.45, 7) is 0.504. The van der Waals surface area contributed by atoms with Crippen LogP contribution in [0.2, 0.25) is 0 Å². The summed E-state index contributed by atoms with van der Waals surface area (Å²) in [4.78, 5) is 59.3. The number of rotatable bonds is 12. The van der Waals surface area contributed by atoms with Gasteiger partial charge in [-0.05, 0) is 48.7 Å². The number of nitrogens with one attached hydrogen (secondary N) is 3. The average molecular weight is 587 g/mol. The van der Waals surface area contributed by atoms with E-state index in [-0.39, 0.29) is 24.6 Å². The zero-order valence-electron chi connectivity index (χ0n) is 24.2. The first kappa shape index (κ1) is 30.6. The summed E-state index contributed by atoms with van der Waals surface area (Å²) >= 11 is 0. The molecular formula is C31H34N6O6. The minimum absolute atomic E-state index is 0.0329. The van der Waals surface area contributed by atoms with Crippen LogP contribution < -0.4 is 20.9 Å². The fourth-order valence-electron chi connectivity index (χ4n) is 4.19. The molecule has 2 aromatic heterocycles. The number of alkyl carbamates (subject to hydrolysis) is 1. The number of likely N-dealkylation sites (N-methyl/N-ethyl adjacent to an activating group) is 1. The van der Waals surface area contributed by atoms with E-state index in [9.17, 15) is 19.2 Å². The number of benzene rings is 2. The molecule has 1 atom stereocenters. The number of allylic oxidation sites excluding steroid dienone is 1. The number of ether oxygens (including phenoxy) is 2. The van der Waals surface area contributed by atoms with Gasteiger partial charge in [-0.15, -0.1) is 0 Å². The van der Waals surface area contributed by atoms with Crippen molar-refractivity contribution < 1.29 is 23.9 Å². The number of carbonyl (C=O) groups excluding carboxylic acids is 3. The molecule has 0 aliphatic heterocycles. The number of aromatic nitrogens is 3. The molecule has 12 nitrogen and oxygen atoms in total. The van der Waals surface area contributed by atoms with Crippen LogP contribution in [0.3, 0.4) is 0 Å². The van der Waals surface area contributed by atoms with Gasteiger partial charge in [0.15, 0.2) is 0 Å². The van der Waals surface area contributed by atoms with Gasteiger partial charge in [0.1, 0.15) is 35.4 Å². The number of para-hydroxylation sites is 1. The number of aromatic amines is 1. The predicted molar refractivity (Wildman–Crippen MR) is 162 cm³/mol. The van der Waals surface area contributed by atoms with Gasteiger partial charge in [0.25, 0.3) is 5.56 Å². The van der Waals surface area contributed by atoms with Crippen LogP contribution in [0.15, 0.2) is 83.8 Å². The second-order valence-electron chi connectivity index (χ2n) is 9.86. The van der Waals surface area contributed by atoms with E-state index in [2.05, 4.69) is 25.3 Å². The molecule has 2 heterocycles. The maximum atomic E-state index is 13.3. The topological polar surface area (TPSA) is 148 Å². The minimum Gasteiger partial charge on any atom is -0.487 e. The van der Waals surface area contributed by atoms with Crippen molar-refractivity contribution in [3.63, 3.8) is 0 Å². The summed E-state index contributed by atoms with van der Waals surface area (Å²) < 4.78 is 12.1. The number of carbonyl (C=O) groups is 3. The number of hydrogen-bond acceptors (Lipinski definition) is 7. The van der Waals surface area contributed by atoms with Gasteiger partial charge < -0.3 is 34.6 Å². The summed E-state index contributed by atoms with van der Waals surface area (Å²) in [7, 11) is 4.44. The lowest BCUT2D eigenvalue weighted by molar-refractivity contribution is -0.123. The van der Waals surface area contributed by atoms with Crippen molar-refractivity contribution in [1.29, 1.82) is 0 Å². The third-order valence-electron chi connectivity index (χ3n) is 6.48. The lowest BCUT2D eigenvalue weighted by Crippen LogP contribution is -2.44. The maximum Gasteiger partial charge on any atom is 0.407 e. The molecule has 0 unspecified atom stereocenters. The Morgan fingerprint density at radius 3 is 2.60 bits per heavy atom. The van der Waals surface area contributed by atoms with E-state index in [1.165, 1.54) is 28.7 Å². The van der Waals surface area contributed by atoms with Crippen LogP contribution in [0.1, 0.15) is 24.2 Å². The first-order chi connectivity index (χ1) is 20.7. The van der Waals surface area contributed by atoms with Gasteiger partial charge in [0, 0.05) is 20.3 Å². The van der Waals surface area contributed by atoms with Gasteiger partial charge in [-0.3, -0.25) is 14.4 Å². The normalized spacial score (nSPS) is 11.7. The number of H-pyrrole nitrogens is 1. The Hall–Kier alpha value is -5.39. The summed E-state index contributed by atoms with van der Waals surface area (Å²) in [5.74, 6) is 0.339. The lowest BCUT2D eigenvalue weighted by atomic mass is 10.1. The Balaban J connectivity index is 1.46. The highest BCUT2D eigenvalue weighted by Gasteiger charge is 2.22. The van der Waals surface area contributed by atoms with Gasteiger partial charge in [-0.25, -0.2) is 9.78 Å². The van der Waals surface area contributed by atoms with E-state index in [4.69, 9.17) is 4.74 Å². The number of nitrogens with zero attached hydrogens (tertiary/aromatic N) is 3. The zero-order valence-corrected chi connectivity index (χ0v) is 24.2. The van der Waals surface area contributed by atoms with E-state index in [0.29, 0.717) is 30.1 Å². The van der Waals surface area contributed by atoms with Gasteiger partial charge in [0.2, 0.25) is 11.8 Å². The molecule has 0 saturated carbocycles. The van der Waals surface area contributed by atoms with Gasteiger partial charge in [-0.2, -0.15) is 0 Å². The number of fused-ring (bicyclic) bond motifs is 1. The van der Waals surface area contributed by atoms with E-state index >= 15 is 0 Å². The average Bonchev–Trinajstić information content (AvgIpc) is 3.43. The number of pyridine rings is 1. The molecule has 3 amide bonds. The van der Waals surface area contributed by atoms with Crippen LogP contribution >= 0.6 is 0 Å². The molecule has 0 fully saturated rings. The number of hydrogen-bond donors (Lipinski definition) is 3. The molecular weight excluding hydrogens is 552 g/mol. The van der Waals surface area contributed by atoms with E-state index in [1.54, 1.807) is 32.4 Å². The highest BCUT2D eigenvalue weighted by molar-refractivity contribution is 5.96. The molecule has 0 aliphatic carbocycles. The van der Waals surface area contributed by atoms with Crippen LogP contribution in [0.25, 0.3) is 11.0 Å². The van der Waals surface area contributed by atoms with Gasteiger partial charge in [-0.1, -0.05) is 42.5 Å². The molecule has 4 aromatic rings. The molecule has 0 aliphatic rings. The highest BCUT2D eigenvalue weighted by Crippen LogP contribution is 2.24. The Labute approximate surface area is 248 Å². The monoisotopic (exact) mass is 586 g/mol. The zero-order chi connectivity index (χ0) is 30.8. The second-order valence-corrected chi connectivity index (χ2v) is 9.86. The molecule has 0 radical (unpaired) electrons. The Morgan fingerprint density at radius 2 is 1.86 bits per heavy atom. The summed E-state index contributed by atoms with van der Waals surface area (Å²) in [5.41, 5.74) is 2.01. The summed E-state index contributed by atoms with van der Waals surface area (Å²) in [5, 5.41) is 5.08. The first-order valence-corrected chi connectivity index (χ1v) is 13.6. The minimum atomic E-state index is -1.01. The van der Waals surface area contributed by atoms with E-state index < -0.39 is 23.6 Å². The number of amides is 3. The third-order valence-corrected chi connectivity index (χ3v) is 6.48. The maximum absolute atomic E-state index is 13.3. The Kier molecular flexibility index (Phi) is 10.3. The van der Waals surface area contributed by atoms with Gasteiger partial charge >= 0.3 is 6.09 Å². The predicted octanol–water partition coefficient (Wildman–Crippen LogP) is 3.44. The van der Waals surface area contributed by atoms with Crippen molar-refractivity contribution in [2.24, 2.45) is 0 Å². The summed E-state index contributed by atoms with van der Waals surface area (Å²) in [6, 6.07) is 17.5. The van der Waals surface area contributed by atoms with Crippen LogP contribution in [-0.2, 0) is 27.5 Å². The third kappa shape index (κ3) is 8.32. The van der Waals surface area contributed by atoms with E-state index in [0.717, 1.165) is 11.1 Å². The molecule has 224 valence electrons. The standard InChI is InChI=1S/C31H34N6O6/c1-36(2)27(38)17-8-7-13-23(34-31(41)42-3)29(39)33-24-15-10-18-37(30(24)40)19-26-32-22-14-9-16-25(28(22)35-26)43-20-21-11-5-4-6-12-21/h4-6,8-12,14-18,23H,7,13,19-20H2,1-3H3,(H,32,35)(H,33,39)(H,34,41)/b17-8+/t23-/m0/s1. The number of methoxy groups -OCH3 is 1. The molecule has 4 rings (SSSR count). The van der Waals surface area contributed by atoms with Crippen LogP contribution in [-0.4, -0.2) is 64.6 Å². The van der Waals surface area contributed by atoms with Crippen LogP contribution in [0.4, 0.5) is 10.5 Å². The Bertz CT molecular complexity index is 1660.